The highest BCUT2D eigenvalue weighted by Crippen LogP contribution is 2.67. The van der Waals surface area contributed by atoms with Crippen molar-refractivity contribution >= 4 is 5.97 Å². The van der Waals surface area contributed by atoms with Gasteiger partial charge >= 0.3 is 5.97 Å². The Labute approximate surface area is 128 Å². The van der Waals surface area contributed by atoms with E-state index in [0.717, 1.165) is 31.1 Å². The highest BCUT2D eigenvalue weighted by Gasteiger charge is 2.60. The van der Waals surface area contributed by atoms with Crippen LogP contribution in [0.4, 0.5) is 0 Å². The first-order valence-electron chi connectivity index (χ1n) is 8.87. The van der Waals surface area contributed by atoms with Gasteiger partial charge in [-0.05, 0) is 87.4 Å². The molecule has 1 N–H and O–H groups in total. The van der Waals surface area contributed by atoms with Crippen LogP contribution in [0.1, 0.15) is 64.7 Å². The lowest BCUT2D eigenvalue weighted by Crippen LogP contribution is -2.52. The largest absolute Gasteiger partial charge is 0.481 e. The minimum Gasteiger partial charge on any atom is -0.481 e. The fourth-order valence-corrected chi connectivity index (χ4v) is 6.91. The molecule has 0 aromatic rings. The fraction of sp³-hybridized carbons (Fsp3) is 0.842. The normalized spacial score (nSPS) is 52.1. The van der Waals surface area contributed by atoms with Gasteiger partial charge in [-0.2, -0.15) is 0 Å². The number of rotatable bonds is 1. The van der Waals surface area contributed by atoms with Crippen molar-refractivity contribution in [3.63, 3.8) is 0 Å². The maximum atomic E-state index is 11.9. The van der Waals surface area contributed by atoms with Gasteiger partial charge in [0.05, 0.1) is 5.41 Å². The Bertz CT molecular complexity index is 496. The number of carbonyl (C=O) groups is 1. The summed E-state index contributed by atoms with van der Waals surface area (Å²) < 4.78 is 0. The summed E-state index contributed by atoms with van der Waals surface area (Å²) in [5, 5.41) is 9.79. The van der Waals surface area contributed by atoms with Gasteiger partial charge in [-0.1, -0.05) is 18.6 Å². The van der Waals surface area contributed by atoms with Crippen LogP contribution in [-0.2, 0) is 4.79 Å². The van der Waals surface area contributed by atoms with Gasteiger partial charge in [-0.25, -0.2) is 0 Å². The number of hydrogen-bond donors (Lipinski definition) is 1. The van der Waals surface area contributed by atoms with E-state index in [0.29, 0.717) is 17.3 Å². The van der Waals surface area contributed by atoms with E-state index in [2.05, 4.69) is 6.58 Å². The van der Waals surface area contributed by atoms with Crippen LogP contribution in [0.3, 0.4) is 0 Å². The number of carboxylic acid groups (broad SMARTS) is 1. The second-order valence-corrected chi connectivity index (χ2v) is 8.71. The molecule has 4 rings (SSSR count). The lowest BCUT2D eigenvalue weighted by Gasteiger charge is -2.57. The molecule has 116 valence electrons. The first-order chi connectivity index (χ1) is 9.96. The first kappa shape index (κ1) is 13.8. The molecular weight excluding hydrogens is 260 g/mol. The van der Waals surface area contributed by atoms with Crippen molar-refractivity contribution in [2.45, 2.75) is 64.7 Å². The third-order valence-corrected chi connectivity index (χ3v) is 7.95. The second-order valence-electron chi connectivity index (χ2n) is 8.71. The van der Waals surface area contributed by atoms with Gasteiger partial charge in [0.2, 0.25) is 0 Å². The molecule has 4 fully saturated rings. The van der Waals surface area contributed by atoms with Gasteiger partial charge in [-0.3, -0.25) is 4.79 Å². The van der Waals surface area contributed by atoms with Crippen molar-refractivity contribution in [1.82, 2.24) is 0 Å². The van der Waals surface area contributed by atoms with Crippen LogP contribution in [0.2, 0.25) is 0 Å². The van der Waals surface area contributed by atoms with E-state index in [1.54, 1.807) is 0 Å². The molecule has 1 spiro atoms. The number of allylic oxidation sites excluding steroid dienone is 1. The average molecular weight is 288 g/mol. The third-order valence-electron chi connectivity index (χ3n) is 7.95. The van der Waals surface area contributed by atoms with E-state index >= 15 is 0 Å². The number of fused-ring (bicyclic) bond motifs is 3. The van der Waals surface area contributed by atoms with E-state index in [4.69, 9.17) is 0 Å². The molecule has 4 aliphatic carbocycles. The standard InChI is InChI=1S/C19H28O2/c1-12-10-19-9-7-15-14(16(19)6-5-13(12)11-19)4-3-8-18(15,2)17(20)21/h13-16H,1,3-11H2,2H3,(H,20,21). The van der Waals surface area contributed by atoms with Gasteiger partial charge < -0.3 is 5.11 Å². The Morgan fingerprint density at radius 2 is 2.00 bits per heavy atom. The molecule has 2 nitrogen and oxygen atoms in total. The number of carboxylic acids is 1. The monoisotopic (exact) mass is 288 g/mol. The van der Waals surface area contributed by atoms with Gasteiger partial charge in [0.25, 0.3) is 0 Å². The molecule has 2 heteroatoms. The maximum absolute atomic E-state index is 11.9. The molecule has 0 heterocycles. The Kier molecular flexibility index (Phi) is 2.88. The molecule has 6 atom stereocenters. The van der Waals surface area contributed by atoms with Gasteiger partial charge in [-0.15, -0.1) is 0 Å². The van der Waals surface area contributed by atoms with Crippen molar-refractivity contribution in [3.8, 4) is 0 Å². The number of aliphatic carboxylic acids is 1. The zero-order chi connectivity index (χ0) is 14.8. The Morgan fingerprint density at radius 1 is 1.19 bits per heavy atom. The van der Waals surface area contributed by atoms with E-state index in [1.807, 2.05) is 6.92 Å². The topological polar surface area (TPSA) is 37.3 Å². The average Bonchev–Trinajstić information content (AvgIpc) is 2.68. The first-order valence-corrected chi connectivity index (χ1v) is 8.87. The number of hydrogen-bond acceptors (Lipinski definition) is 1. The molecule has 0 aromatic heterocycles. The SMILES string of the molecule is C=C1CC23CCC4C(CCCC4(C)C(=O)O)C2CCC1C3. The van der Waals surface area contributed by atoms with E-state index < -0.39 is 11.4 Å². The lowest BCUT2D eigenvalue weighted by atomic mass is 9.47. The maximum Gasteiger partial charge on any atom is 0.309 e. The molecule has 0 amide bonds. The van der Waals surface area contributed by atoms with Crippen molar-refractivity contribution in [1.29, 1.82) is 0 Å². The Balaban J connectivity index is 1.68. The molecule has 4 saturated carbocycles. The summed E-state index contributed by atoms with van der Waals surface area (Å²) in [4.78, 5) is 11.9. The quantitative estimate of drug-likeness (QED) is 0.713. The molecule has 21 heavy (non-hydrogen) atoms. The molecule has 0 aromatic carbocycles. The molecule has 0 aliphatic heterocycles. The fourth-order valence-electron chi connectivity index (χ4n) is 6.91. The van der Waals surface area contributed by atoms with Crippen LogP contribution in [0.25, 0.3) is 0 Å². The molecular formula is C19H28O2. The highest BCUT2D eigenvalue weighted by molar-refractivity contribution is 5.74. The molecule has 6 unspecified atom stereocenters. The van der Waals surface area contributed by atoms with Crippen LogP contribution < -0.4 is 0 Å². The Morgan fingerprint density at radius 3 is 2.76 bits per heavy atom. The summed E-state index contributed by atoms with van der Waals surface area (Å²) in [6.07, 6.45) is 10.9. The summed E-state index contributed by atoms with van der Waals surface area (Å²) >= 11 is 0. The van der Waals surface area contributed by atoms with Gasteiger partial charge in [0.1, 0.15) is 0 Å². The minimum atomic E-state index is -0.544. The zero-order valence-corrected chi connectivity index (χ0v) is 13.2. The molecule has 4 aliphatic rings. The van der Waals surface area contributed by atoms with E-state index in [1.165, 1.54) is 44.1 Å². The van der Waals surface area contributed by atoms with E-state index in [-0.39, 0.29) is 0 Å². The second kappa shape index (κ2) is 4.36. The highest BCUT2D eigenvalue weighted by atomic mass is 16.4. The summed E-state index contributed by atoms with van der Waals surface area (Å²) in [6, 6.07) is 0. The molecule has 0 radical (unpaired) electrons. The smallest absolute Gasteiger partial charge is 0.309 e. The van der Waals surface area contributed by atoms with Gasteiger partial charge in [0, 0.05) is 0 Å². The summed E-state index contributed by atoms with van der Waals surface area (Å²) in [7, 11) is 0. The van der Waals surface area contributed by atoms with E-state index in [9.17, 15) is 9.90 Å². The summed E-state index contributed by atoms with van der Waals surface area (Å²) in [5.41, 5.74) is 1.56. The van der Waals surface area contributed by atoms with Crippen LogP contribution in [0.5, 0.6) is 0 Å². The molecule has 2 bridgehead atoms. The van der Waals surface area contributed by atoms with Crippen LogP contribution in [0.15, 0.2) is 12.2 Å². The van der Waals surface area contributed by atoms with Crippen LogP contribution in [0, 0.1) is 34.5 Å². The lowest BCUT2D eigenvalue weighted by molar-refractivity contribution is -0.164. The van der Waals surface area contributed by atoms with Gasteiger partial charge in [0.15, 0.2) is 0 Å². The van der Waals surface area contributed by atoms with Crippen molar-refractivity contribution in [2.24, 2.45) is 34.5 Å². The summed E-state index contributed by atoms with van der Waals surface area (Å²) in [5.74, 6) is 2.11. The minimum absolute atomic E-state index is 0.421. The predicted octanol–water partition coefficient (Wildman–Crippen LogP) is 4.65. The van der Waals surface area contributed by atoms with Crippen LogP contribution >= 0.6 is 0 Å². The third kappa shape index (κ3) is 1.74. The summed E-state index contributed by atoms with van der Waals surface area (Å²) in [6.45, 7) is 6.38. The Hall–Kier alpha value is -0.790. The van der Waals surface area contributed by atoms with Crippen LogP contribution in [-0.4, -0.2) is 11.1 Å². The predicted molar refractivity (Wildman–Crippen MR) is 82.8 cm³/mol. The van der Waals surface area contributed by atoms with Crippen molar-refractivity contribution in [3.05, 3.63) is 12.2 Å². The zero-order valence-electron chi connectivity index (χ0n) is 13.2. The van der Waals surface area contributed by atoms with Crippen molar-refractivity contribution in [2.75, 3.05) is 0 Å². The van der Waals surface area contributed by atoms with Crippen molar-refractivity contribution < 1.29 is 9.90 Å². The molecule has 0 saturated heterocycles.